The van der Waals surface area contributed by atoms with E-state index in [9.17, 15) is 5.11 Å². The molecule has 2 N–H and O–H groups in total. The van der Waals surface area contributed by atoms with Crippen LogP contribution < -0.4 is 5.32 Å². The molecule has 0 aromatic heterocycles. The Hall–Kier alpha value is -0.0800. The van der Waals surface area contributed by atoms with Gasteiger partial charge in [0.05, 0.1) is 6.61 Å². The molecule has 1 aliphatic carbocycles. The van der Waals surface area contributed by atoms with Crippen LogP contribution in [0.4, 0.5) is 0 Å². The fourth-order valence-corrected chi connectivity index (χ4v) is 2.46. The zero-order chi connectivity index (χ0) is 10.6. The molecule has 1 saturated carbocycles. The van der Waals surface area contributed by atoms with Crippen LogP contribution in [-0.2, 0) is 0 Å². The highest BCUT2D eigenvalue weighted by molar-refractivity contribution is 4.81. The van der Waals surface area contributed by atoms with Gasteiger partial charge in [0.2, 0.25) is 0 Å². The van der Waals surface area contributed by atoms with Crippen molar-refractivity contribution in [1.82, 2.24) is 5.32 Å². The van der Waals surface area contributed by atoms with Gasteiger partial charge in [-0.25, -0.2) is 0 Å². The third kappa shape index (κ3) is 3.97. The average molecular weight is 199 g/mol. The second-order valence-electron chi connectivity index (χ2n) is 5.29. The lowest BCUT2D eigenvalue weighted by Crippen LogP contribution is -2.40. The Labute approximate surface area is 88.1 Å². The van der Waals surface area contributed by atoms with E-state index in [4.69, 9.17) is 0 Å². The van der Waals surface area contributed by atoms with Crippen LogP contribution >= 0.6 is 0 Å². The van der Waals surface area contributed by atoms with E-state index in [0.29, 0.717) is 18.0 Å². The molecule has 1 aliphatic rings. The monoisotopic (exact) mass is 199 g/mol. The summed E-state index contributed by atoms with van der Waals surface area (Å²) in [7, 11) is 0. The van der Waals surface area contributed by atoms with Gasteiger partial charge in [-0.2, -0.15) is 0 Å². The highest BCUT2D eigenvalue weighted by atomic mass is 16.3. The molecule has 0 aliphatic heterocycles. The Morgan fingerprint density at radius 1 is 1.36 bits per heavy atom. The van der Waals surface area contributed by atoms with Crippen LogP contribution in [0.2, 0.25) is 0 Å². The van der Waals surface area contributed by atoms with Crippen LogP contribution in [0.25, 0.3) is 0 Å². The number of nitrogens with one attached hydrogen (secondary N) is 1. The first-order chi connectivity index (χ1) is 6.61. The minimum absolute atomic E-state index is 0.281. The minimum atomic E-state index is 0.281. The number of aliphatic hydroxyl groups excluding tert-OH is 1. The molecule has 2 heteroatoms. The van der Waals surface area contributed by atoms with Crippen molar-refractivity contribution in [2.75, 3.05) is 6.61 Å². The first-order valence-corrected chi connectivity index (χ1v) is 5.98. The number of aliphatic hydroxyl groups is 1. The number of hydrogen-bond acceptors (Lipinski definition) is 2. The average Bonchev–Trinajstić information content (AvgIpc) is 2.49. The van der Waals surface area contributed by atoms with Crippen molar-refractivity contribution in [2.45, 2.75) is 58.5 Å². The molecule has 0 radical (unpaired) electrons. The molecule has 0 amide bonds. The maximum absolute atomic E-state index is 9.24. The summed E-state index contributed by atoms with van der Waals surface area (Å²) in [5, 5.41) is 12.8. The summed E-state index contributed by atoms with van der Waals surface area (Å²) in [6, 6.07) is 0.964. The third-order valence-electron chi connectivity index (χ3n) is 3.14. The van der Waals surface area contributed by atoms with Crippen molar-refractivity contribution in [3.05, 3.63) is 0 Å². The zero-order valence-electron chi connectivity index (χ0n) is 9.79. The van der Waals surface area contributed by atoms with Gasteiger partial charge in [-0.1, -0.05) is 20.8 Å². The summed E-state index contributed by atoms with van der Waals surface area (Å²) < 4.78 is 0. The normalized spacial score (nSPS) is 29.8. The van der Waals surface area contributed by atoms with Gasteiger partial charge in [-0.05, 0) is 37.5 Å². The molecule has 14 heavy (non-hydrogen) atoms. The van der Waals surface area contributed by atoms with Crippen molar-refractivity contribution in [3.63, 3.8) is 0 Å². The third-order valence-corrected chi connectivity index (χ3v) is 3.14. The maximum Gasteiger partial charge on any atom is 0.0584 e. The summed E-state index contributed by atoms with van der Waals surface area (Å²) in [4.78, 5) is 0. The van der Waals surface area contributed by atoms with Crippen molar-refractivity contribution < 1.29 is 5.11 Å². The second-order valence-corrected chi connectivity index (χ2v) is 5.29. The molecule has 1 rings (SSSR count). The zero-order valence-corrected chi connectivity index (χ0v) is 9.79. The van der Waals surface area contributed by atoms with Crippen molar-refractivity contribution in [3.8, 4) is 0 Å². The van der Waals surface area contributed by atoms with Crippen molar-refractivity contribution in [1.29, 1.82) is 0 Å². The van der Waals surface area contributed by atoms with Gasteiger partial charge >= 0.3 is 0 Å². The molecule has 0 heterocycles. The largest absolute Gasteiger partial charge is 0.395 e. The lowest BCUT2D eigenvalue weighted by Gasteiger charge is -2.22. The van der Waals surface area contributed by atoms with Crippen LogP contribution in [0.5, 0.6) is 0 Å². The van der Waals surface area contributed by atoms with E-state index in [1.165, 1.54) is 19.3 Å². The van der Waals surface area contributed by atoms with Crippen molar-refractivity contribution in [2.24, 2.45) is 11.8 Å². The lowest BCUT2D eigenvalue weighted by atomic mass is 10.0. The second kappa shape index (κ2) is 5.72. The Morgan fingerprint density at radius 3 is 2.50 bits per heavy atom. The molecule has 0 aromatic rings. The first kappa shape index (κ1) is 12.0. The molecule has 3 atom stereocenters. The van der Waals surface area contributed by atoms with Gasteiger partial charge in [0.25, 0.3) is 0 Å². The topological polar surface area (TPSA) is 32.3 Å². The van der Waals surface area contributed by atoms with E-state index in [0.717, 1.165) is 12.3 Å². The Morgan fingerprint density at radius 2 is 2.07 bits per heavy atom. The maximum atomic E-state index is 9.24. The summed E-state index contributed by atoms with van der Waals surface area (Å²) in [6.07, 6.45) is 5.00. The smallest absolute Gasteiger partial charge is 0.0584 e. The quantitative estimate of drug-likeness (QED) is 0.711. The number of hydrogen-bond donors (Lipinski definition) is 2. The molecule has 0 aromatic carbocycles. The van der Waals surface area contributed by atoms with Crippen LogP contribution in [0, 0.1) is 11.8 Å². The lowest BCUT2D eigenvalue weighted by molar-refractivity contribution is 0.212. The Balaban J connectivity index is 2.26. The molecule has 84 valence electrons. The van der Waals surface area contributed by atoms with E-state index >= 15 is 0 Å². The standard InChI is InChI=1S/C12H25NO/c1-9(2)6-12(8-14)13-11-5-4-10(3)7-11/h9-14H,4-8H2,1-3H3/t10-,11-,12-/m1/s1. The predicted octanol–water partition coefficient (Wildman–Crippen LogP) is 2.17. The number of rotatable bonds is 5. The molecule has 0 spiro atoms. The van der Waals surface area contributed by atoms with Crippen molar-refractivity contribution >= 4 is 0 Å². The Kier molecular flexibility index (Phi) is 4.90. The predicted molar refractivity (Wildman–Crippen MR) is 60.3 cm³/mol. The fourth-order valence-electron chi connectivity index (χ4n) is 2.46. The van der Waals surface area contributed by atoms with Crippen LogP contribution in [0.3, 0.4) is 0 Å². The van der Waals surface area contributed by atoms with Crippen LogP contribution in [0.1, 0.15) is 46.5 Å². The SMILES string of the molecule is CC(C)C[C@H](CO)N[C@@H]1CC[C@@H](C)C1. The minimum Gasteiger partial charge on any atom is -0.395 e. The van der Waals surface area contributed by atoms with Crippen LogP contribution in [0.15, 0.2) is 0 Å². The van der Waals surface area contributed by atoms with Gasteiger partial charge in [0.15, 0.2) is 0 Å². The summed E-state index contributed by atoms with van der Waals surface area (Å²) in [5.74, 6) is 1.53. The van der Waals surface area contributed by atoms with Gasteiger partial charge in [-0.15, -0.1) is 0 Å². The molecule has 0 bridgehead atoms. The molecular formula is C12H25NO. The van der Waals surface area contributed by atoms with E-state index in [1.54, 1.807) is 0 Å². The van der Waals surface area contributed by atoms with Gasteiger partial charge in [0, 0.05) is 12.1 Å². The van der Waals surface area contributed by atoms with Gasteiger partial charge in [-0.3, -0.25) is 0 Å². The molecule has 0 unspecified atom stereocenters. The van der Waals surface area contributed by atoms with E-state index in [-0.39, 0.29) is 6.61 Å². The molecule has 2 nitrogen and oxygen atoms in total. The van der Waals surface area contributed by atoms with Gasteiger partial charge < -0.3 is 10.4 Å². The van der Waals surface area contributed by atoms with Crippen LogP contribution in [-0.4, -0.2) is 23.8 Å². The van der Waals surface area contributed by atoms with E-state index < -0.39 is 0 Å². The highest BCUT2D eigenvalue weighted by Crippen LogP contribution is 2.25. The highest BCUT2D eigenvalue weighted by Gasteiger charge is 2.23. The van der Waals surface area contributed by atoms with E-state index in [1.807, 2.05) is 0 Å². The Bertz CT molecular complexity index is 158. The molecule has 0 saturated heterocycles. The fraction of sp³-hybridized carbons (Fsp3) is 1.00. The molecule has 1 fully saturated rings. The van der Waals surface area contributed by atoms with E-state index in [2.05, 4.69) is 26.1 Å². The summed E-state index contributed by atoms with van der Waals surface area (Å²) in [6.45, 7) is 7.02. The molecular weight excluding hydrogens is 174 g/mol. The first-order valence-electron chi connectivity index (χ1n) is 5.98. The van der Waals surface area contributed by atoms with Gasteiger partial charge in [0.1, 0.15) is 0 Å². The summed E-state index contributed by atoms with van der Waals surface area (Å²) >= 11 is 0. The summed E-state index contributed by atoms with van der Waals surface area (Å²) in [5.41, 5.74) is 0.